The average molecular weight is 388 g/mol. The van der Waals surface area contributed by atoms with Gasteiger partial charge in [-0.3, -0.25) is 0 Å². The van der Waals surface area contributed by atoms with Crippen LogP contribution < -0.4 is 5.32 Å². The number of sulfonamides is 1. The van der Waals surface area contributed by atoms with E-state index < -0.39 is 15.6 Å². The number of piperidine rings is 1. The molecule has 3 fully saturated rings. The fourth-order valence-electron chi connectivity index (χ4n) is 3.67. The molecular formula is C18H33N3O4S. The number of carbonyl (C=O) groups excluding carboxylic acids is 1. The Balaban J connectivity index is 1.38. The van der Waals surface area contributed by atoms with Gasteiger partial charge in [0.25, 0.3) is 0 Å². The molecule has 1 saturated carbocycles. The molecule has 0 aromatic heterocycles. The normalized spacial score (nSPS) is 25.0. The molecule has 2 heterocycles. The summed E-state index contributed by atoms with van der Waals surface area (Å²) >= 11 is 0. The molecule has 26 heavy (non-hydrogen) atoms. The standard InChI is InChI=1S/C18H33N3O4S/c1-13(14-11-20(12-14)17(22)25-18(2,3)4)19-15-7-9-21(10-8-15)26(23,24)16-5-6-16/h13-16,19H,5-12H2,1-4H3/t13-/m1/s1. The summed E-state index contributed by atoms with van der Waals surface area (Å²) in [6, 6.07) is 0.663. The van der Waals surface area contributed by atoms with E-state index in [4.69, 9.17) is 4.74 Å². The number of rotatable bonds is 5. The first-order valence-electron chi connectivity index (χ1n) is 9.79. The van der Waals surface area contributed by atoms with Crippen LogP contribution in [0.4, 0.5) is 4.79 Å². The molecule has 0 aromatic carbocycles. The molecule has 2 aliphatic heterocycles. The Morgan fingerprint density at radius 2 is 1.69 bits per heavy atom. The number of hydrogen-bond donors (Lipinski definition) is 1. The molecule has 0 bridgehead atoms. The molecule has 1 amide bonds. The largest absolute Gasteiger partial charge is 0.444 e. The summed E-state index contributed by atoms with van der Waals surface area (Å²) in [5.74, 6) is 0.427. The van der Waals surface area contributed by atoms with Crippen molar-refractivity contribution in [2.45, 2.75) is 76.3 Å². The van der Waals surface area contributed by atoms with E-state index in [0.717, 1.165) is 38.8 Å². The smallest absolute Gasteiger partial charge is 0.410 e. The maximum atomic E-state index is 12.3. The third-order valence-electron chi connectivity index (χ3n) is 5.53. The van der Waals surface area contributed by atoms with Crippen LogP contribution in [0, 0.1) is 5.92 Å². The predicted octanol–water partition coefficient (Wildman–Crippen LogP) is 1.79. The Morgan fingerprint density at radius 1 is 1.12 bits per heavy atom. The van der Waals surface area contributed by atoms with Gasteiger partial charge in [-0.15, -0.1) is 0 Å². The van der Waals surface area contributed by atoms with Gasteiger partial charge in [0.2, 0.25) is 10.0 Å². The van der Waals surface area contributed by atoms with E-state index in [1.807, 2.05) is 20.8 Å². The van der Waals surface area contributed by atoms with Gasteiger partial charge in [-0.1, -0.05) is 0 Å². The Morgan fingerprint density at radius 3 is 2.19 bits per heavy atom. The Hall–Kier alpha value is -0.860. The molecule has 3 rings (SSSR count). The Labute approximate surface area is 157 Å². The van der Waals surface area contributed by atoms with Crippen LogP contribution in [0.1, 0.15) is 53.4 Å². The van der Waals surface area contributed by atoms with Crippen molar-refractivity contribution in [3.05, 3.63) is 0 Å². The van der Waals surface area contributed by atoms with Crippen molar-refractivity contribution in [3.8, 4) is 0 Å². The van der Waals surface area contributed by atoms with E-state index in [2.05, 4.69) is 12.2 Å². The van der Waals surface area contributed by atoms with E-state index in [1.54, 1.807) is 9.21 Å². The summed E-state index contributed by atoms with van der Waals surface area (Å²) in [6.45, 7) is 10.5. The van der Waals surface area contributed by atoms with Crippen LogP contribution in [0.2, 0.25) is 0 Å². The van der Waals surface area contributed by atoms with Gasteiger partial charge in [-0.25, -0.2) is 17.5 Å². The lowest BCUT2D eigenvalue weighted by Crippen LogP contribution is -2.59. The number of carbonyl (C=O) groups is 1. The Kier molecular flexibility index (Phi) is 5.57. The third kappa shape index (κ3) is 4.70. The number of nitrogens with one attached hydrogen (secondary N) is 1. The van der Waals surface area contributed by atoms with Gasteiger partial charge in [0.05, 0.1) is 5.25 Å². The average Bonchev–Trinajstić information content (AvgIpc) is 3.29. The molecule has 7 nitrogen and oxygen atoms in total. The highest BCUT2D eigenvalue weighted by Crippen LogP contribution is 2.32. The number of likely N-dealkylation sites (tertiary alicyclic amines) is 1. The molecule has 0 aromatic rings. The molecule has 0 spiro atoms. The van der Waals surface area contributed by atoms with E-state index in [0.29, 0.717) is 31.1 Å². The van der Waals surface area contributed by atoms with Crippen LogP contribution in [-0.4, -0.2) is 72.8 Å². The molecule has 0 radical (unpaired) electrons. The molecule has 1 N–H and O–H groups in total. The molecule has 1 aliphatic carbocycles. The highest BCUT2D eigenvalue weighted by molar-refractivity contribution is 7.90. The van der Waals surface area contributed by atoms with Crippen LogP contribution in [-0.2, 0) is 14.8 Å². The maximum absolute atomic E-state index is 12.3. The maximum Gasteiger partial charge on any atom is 0.410 e. The summed E-state index contributed by atoms with van der Waals surface area (Å²) < 4.78 is 31.7. The van der Waals surface area contributed by atoms with Gasteiger partial charge in [0.15, 0.2) is 0 Å². The van der Waals surface area contributed by atoms with Crippen molar-refractivity contribution in [2.75, 3.05) is 26.2 Å². The lowest BCUT2D eigenvalue weighted by Gasteiger charge is -2.44. The highest BCUT2D eigenvalue weighted by atomic mass is 32.2. The van der Waals surface area contributed by atoms with E-state index in [9.17, 15) is 13.2 Å². The number of nitrogens with zero attached hydrogens (tertiary/aromatic N) is 2. The fraction of sp³-hybridized carbons (Fsp3) is 0.944. The van der Waals surface area contributed by atoms with Gasteiger partial charge in [0.1, 0.15) is 5.60 Å². The first kappa shape index (κ1) is 19.9. The summed E-state index contributed by atoms with van der Waals surface area (Å²) in [6.07, 6.45) is 3.14. The minimum atomic E-state index is -3.03. The second-order valence-electron chi connectivity index (χ2n) is 9.02. The van der Waals surface area contributed by atoms with Crippen molar-refractivity contribution in [1.29, 1.82) is 0 Å². The molecular weight excluding hydrogens is 354 g/mol. The van der Waals surface area contributed by atoms with E-state index >= 15 is 0 Å². The van der Waals surface area contributed by atoms with Crippen LogP contribution in [0.15, 0.2) is 0 Å². The fourth-order valence-corrected chi connectivity index (χ4v) is 5.54. The zero-order valence-electron chi connectivity index (χ0n) is 16.4. The topological polar surface area (TPSA) is 79.0 Å². The van der Waals surface area contributed by atoms with Crippen molar-refractivity contribution >= 4 is 16.1 Å². The zero-order valence-corrected chi connectivity index (χ0v) is 17.2. The molecule has 8 heteroatoms. The molecule has 150 valence electrons. The van der Waals surface area contributed by atoms with Gasteiger partial charge < -0.3 is 15.0 Å². The van der Waals surface area contributed by atoms with Gasteiger partial charge in [-0.2, -0.15) is 0 Å². The highest BCUT2D eigenvalue weighted by Gasteiger charge is 2.42. The van der Waals surface area contributed by atoms with Crippen LogP contribution in [0.3, 0.4) is 0 Å². The lowest BCUT2D eigenvalue weighted by molar-refractivity contribution is -0.00663. The minimum absolute atomic E-state index is 0.111. The molecule has 0 unspecified atom stereocenters. The van der Waals surface area contributed by atoms with Crippen molar-refractivity contribution in [2.24, 2.45) is 5.92 Å². The molecule has 1 atom stereocenters. The van der Waals surface area contributed by atoms with Crippen molar-refractivity contribution in [1.82, 2.24) is 14.5 Å². The first-order chi connectivity index (χ1) is 12.1. The summed E-state index contributed by atoms with van der Waals surface area (Å²) in [5.41, 5.74) is -0.458. The summed E-state index contributed by atoms with van der Waals surface area (Å²) in [5, 5.41) is 3.53. The predicted molar refractivity (Wildman–Crippen MR) is 100 cm³/mol. The zero-order chi connectivity index (χ0) is 19.1. The second-order valence-corrected chi connectivity index (χ2v) is 11.2. The number of hydrogen-bond acceptors (Lipinski definition) is 5. The van der Waals surface area contributed by atoms with Crippen LogP contribution in [0.25, 0.3) is 0 Å². The van der Waals surface area contributed by atoms with E-state index in [-0.39, 0.29) is 11.3 Å². The Bertz CT molecular complexity index is 613. The third-order valence-corrected chi connectivity index (χ3v) is 7.93. The van der Waals surface area contributed by atoms with Crippen molar-refractivity contribution in [3.63, 3.8) is 0 Å². The van der Waals surface area contributed by atoms with Crippen LogP contribution in [0.5, 0.6) is 0 Å². The molecule has 2 saturated heterocycles. The first-order valence-corrected chi connectivity index (χ1v) is 11.3. The van der Waals surface area contributed by atoms with Crippen molar-refractivity contribution < 1.29 is 17.9 Å². The number of ether oxygens (including phenoxy) is 1. The van der Waals surface area contributed by atoms with Crippen LogP contribution >= 0.6 is 0 Å². The monoisotopic (exact) mass is 387 g/mol. The summed E-state index contributed by atoms with van der Waals surface area (Å²) in [7, 11) is -3.03. The lowest BCUT2D eigenvalue weighted by atomic mass is 9.91. The summed E-state index contributed by atoms with van der Waals surface area (Å²) in [4.78, 5) is 13.8. The van der Waals surface area contributed by atoms with E-state index in [1.165, 1.54) is 0 Å². The minimum Gasteiger partial charge on any atom is -0.444 e. The van der Waals surface area contributed by atoms with Gasteiger partial charge in [0, 0.05) is 44.2 Å². The quantitative estimate of drug-likeness (QED) is 0.778. The SMILES string of the molecule is C[C@@H](NC1CCN(S(=O)(=O)C2CC2)CC1)C1CN(C(=O)OC(C)(C)C)C1. The second kappa shape index (κ2) is 7.28. The van der Waals surface area contributed by atoms with Gasteiger partial charge in [-0.05, 0) is 53.4 Å². The number of amides is 1. The molecule has 3 aliphatic rings. The van der Waals surface area contributed by atoms with Gasteiger partial charge >= 0.3 is 6.09 Å².